The number of hydrogen-bond donors (Lipinski definition) is 0. The highest BCUT2D eigenvalue weighted by Crippen LogP contribution is 2.23. The Hall–Kier alpha value is -1.12. The van der Waals surface area contributed by atoms with E-state index >= 15 is 0 Å². The van der Waals surface area contributed by atoms with Crippen LogP contribution in [-0.4, -0.2) is 23.1 Å². The Balaban J connectivity index is 1.77. The highest BCUT2D eigenvalue weighted by molar-refractivity contribution is 6.21. The summed E-state index contributed by atoms with van der Waals surface area (Å²) in [5.41, 5.74) is 2.08. The maximum absolute atomic E-state index is 6.41. The summed E-state index contributed by atoms with van der Waals surface area (Å²) in [6.07, 6.45) is 3.16. The second kappa shape index (κ2) is 5.25. The van der Waals surface area contributed by atoms with E-state index in [4.69, 9.17) is 16.3 Å². The number of benzene rings is 1. The third-order valence-electron chi connectivity index (χ3n) is 3.43. The maximum Gasteiger partial charge on any atom is 0.0743 e. The minimum Gasteiger partial charge on any atom is -0.377 e. The highest BCUT2D eigenvalue weighted by Gasteiger charge is 2.24. The van der Waals surface area contributed by atoms with Gasteiger partial charge >= 0.3 is 0 Å². The molecule has 0 bridgehead atoms. The van der Waals surface area contributed by atoms with Crippen LogP contribution in [0.5, 0.6) is 0 Å². The molecule has 94 valence electrons. The van der Waals surface area contributed by atoms with Crippen LogP contribution in [0.25, 0.3) is 10.9 Å². The minimum absolute atomic E-state index is 0.0289. The molecule has 3 rings (SSSR count). The maximum atomic E-state index is 6.41. The summed E-state index contributed by atoms with van der Waals surface area (Å²) in [7, 11) is 0. The zero-order chi connectivity index (χ0) is 12.4. The average Bonchev–Trinajstić information content (AvgIpc) is 2.92. The van der Waals surface area contributed by atoms with E-state index in [0.717, 1.165) is 37.1 Å². The van der Waals surface area contributed by atoms with Crippen LogP contribution in [0.3, 0.4) is 0 Å². The summed E-state index contributed by atoms with van der Waals surface area (Å²) in [6.45, 7) is 0.846. The molecule has 2 unspecified atom stereocenters. The number of halogens is 1. The van der Waals surface area contributed by atoms with Crippen LogP contribution >= 0.6 is 11.6 Å². The van der Waals surface area contributed by atoms with Gasteiger partial charge in [0.2, 0.25) is 0 Å². The van der Waals surface area contributed by atoms with Crippen molar-refractivity contribution in [1.29, 1.82) is 0 Å². The number of rotatable bonds is 3. The summed E-state index contributed by atoms with van der Waals surface area (Å²) in [4.78, 5) is 4.65. The second-order valence-electron chi connectivity index (χ2n) is 4.77. The molecule has 0 radical (unpaired) electrons. The lowest BCUT2D eigenvalue weighted by atomic mass is 10.1. The van der Waals surface area contributed by atoms with Gasteiger partial charge < -0.3 is 4.74 Å². The van der Waals surface area contributed by atoms with E-state index in [1.54, 1.807) is 0 Å². The van der Waals surface area contributed by atoms with Gasteiger partial charge in [0.1, 0.15) is 0 Å². The zero-order valence-corrected chi connectivity index (χ0v) is 10.9. The van der Waals surface area contributed by atoms with Crippen molar-refractivity contribution >= 4 is 22.5 Å². The molecule has 1 aromatic heterocycles. The van der Waals surface area contributed by atoms with Gasteiger partial charge in [-0.3, -0.25) is 4.98 Å². The fourth-order valence-corrected chi connectivity index (χ4v) is 2.80. The van der Waals surface area contributed by atoms with E-state index in [9.17, 15) is 0 Å². The molecule has 18 heavy (non-hydrogen) atoms. The Morgan fingerprint density at radius 3 is 3.00 bits per heavy atom. The Morgan fingerprint density at radius 1 is 1.28 bits per heavy atom. The van der Waals surface area contributed by atoms with Gasteiger partial charge in [-0.2, -0.15) is 0 Å². The van der Waals surface area contributed by atoms with Crippen LogP contribution in [0.2, 0.25) is 0 Å². The van der Waals surface area contributed by atoms with Gasteiger partial charge in [-0.05, 0) is 25.0 Å². The first kappa shape index (κ1) is 11.9. The van der Waals surface area contributed by atoms with Crippen molar-refractivity contribution in [2.45, 2.75) is 30.7 Å². The highest BCUT2D eigenvalue weighted by atomic mass is 35.5. The number of ether oxygens (including phenoxy) is 1. The monoisotopic (exact) mass is 261 g/mol. The Labute approximate surface area is 112 Å². The van der Waals surface area contributed by atoms with E-state index in [-0.39, 0.29) is 11.5 Å². The lowest BCUT2D eigenvalue weighted by Gasteiger charge is -2.16. The van der Waals surface area contributed by atoms with Crippen LogP contribution in [0.15, 0.2) is 36.4 Å². The molecule has 1 fully saturated rings. The topological polar surface area (TPSA) is 22.1 Å². The van der Waals surface area contributed by atoms with Gasteiger partial charge in [0.25, 0.3) is 0 Å². The van der Waals surface area contributed by atoms with Gasteiger partial charge in [0.15, 0.2) is 0 Å². The van der Waals surface area contributed by atoms with E-state index in [2.05, 4.69) is 23.2 Å². The molecule has 0 aliphatic carbocycles. The van der Waals surface area contributed by atoms with E-state index < -0.39 is 0 Å². The predicted molar refractivity (Wildman–Crippen MR) is 74.1 cm³/mol. The molecule has 0 amide bonds. The van der Waals surface area contributed by atoms with Crippen molar-refractivity contribution < 1.29 is 4.74 Å². The third kappa shape index (κ3) is 2.50. The molecular weight excluding hydrogens is 246 g/mol. The minimum atomic E-state index is 0.0289. The van der Waals surface area contributed by atoms with Crippen molar-refractivity contribution in [3.05, 3.63) is 42.1 Å². The van der Waals surface area contributed by atoms with Gasteiger partial charge in [-0.15, -0.1) is 11.6 Å². The number of nitrogens with zero attached hydrogens (tertiary/aromatic N) is 1. The molecule has 2 nitrogen and oxygen atoms in total. The average molecular weight is 262 g/mol. The van der Waals surface area contributed by atoms with Crippen molar-refractivity contribution in [3.63, 3.8) is 0 Å². The van der Waals surface area contributed by atoms with Crippen LogP contribution < -0.4 is 0 Å². The SMILES string of the molecule is ClC(Cc1ccc2ccccc2n1)C1CCCO1. The number of fused-ring (bicyclic) bond motifs is 1. The molecule has 1 aliphatic heterocycles. The largest absolute Gasteiger partial charge is 0.377 e. The summed E-state index contributed by atoms with van der Waals surface area (Å²) < 4.78 is 5.61. The first-order valence-electron chi connectivity index (χ1n) is 6.43. The standard InChI is InChI=1S/C15H16ClNO/c16-13(15-6-3-9-18-15)10-12-8-7-11-4-1-2-5-14(11)17-12/h1-2,4-5,7-8,13,15H,3,6,9-10H2. The number of alkyl halides is 1. The van der Waals surface area contributed by atoms with Gasteiger partial charge in [-0.1, -0.05) is 24.3 Å². The van der Waals surface area contributed by atoms with Crippen molar-refractivity contribution in [2.24, 2.45) is 0 Å². The number of para-hydroxylation sites is 1. The van der Waals surface area contributed by atoms with Gasteiger partial charge in [-0.25, -0.2) is 0 Å². The van der Waals surface area contributed by atoms with Gasteiger partial charge in [0, 0.05) is 24.1 Å². The normalized spacial score (nSPS) is 21.3. The number of aromatic nitrogens is 1. The fourth-order valence-electron chi connectivity index (χ4n) is 2.44. The molecule has 1 saturated heterocycles. The van der Waals surface area contributed by atoms with E-state index in [1.165, 1.54) is 5.39 Å². The lowest BCUT2D eigenvalue weighted by molar-refractivity contribution is 0.107. The Morgan fingerprint density at radius 2 is 2.17 bits per heavy atom. The smallest absolute Gasteiger partial charge is 0.0743 e. The summed E-state index contributed by atoms with van der Waals surface area (Å²) >= 11 is 6.41. The molecule has 2 aromatic rings. The van der Waals surface area contributed by atoms with Gasteiger partial charge in [0.05, 0.1) is 17.0 Å². The van der Waals surface area contributed by atoms with Crippen LogP contribution in [0.1, 0.15) is 18.5 Å². The van der Waals surface area contributed by atoms with Crippen molar-refractivity contribution in [3.8, 4) is 0 Å². The fraction of sp³-hybridized carbons (Fsp3) is 0.400. The number of pyridine rings is 1. The molecule has 0 spiro atoms. The third-order valence-corrected chi connectivity index (χ3v) is 3.86. The molecular formula is C15H16ClNO. The second-order valence-corrected chi connectivity index (χ2v) is 5.33. The molecule has 0 N–H and O–H groups in total. The molecule has 3 heteroatoms. The number of hydrogen-bond acceptors (Lipinski definition) is 2. The first-order chi connectivity index (χ1) is 8.83. The van der Waals surface area contributed by atoms with Crippen LogP contribution in [0.4, 0.5) is 0 Å². The molecule has 2 heterocycles. The summed E-state index contributed by atoms with van der Waals surface area (Å²) in [6, 6.07) is 12.3. The Bertz CT molecular complexity index is 537. The van der Waals surface area contributed by atoms with E-state index in [0.29, 0.717) is 0 Å². The van der Waals surface area contributed by atoms with Crippen LogP contribution in [0, 0.1) is 0 Å². The molecule has 1 aromatic carbocycles. The first-order valence-corrected chi connectivity index (χ1v) is 6.87. The van der Waals surface area contributed by atoms with E-state index in [1.807, 2.05) is 18.2 Å². The predicted octanol–water partition coefficient (Wildman–Crippen LogP) is 3.56. The molecule has 0 saturated carbocycles. The van der Waals surface area contributed by atoms with Crippen molar-refractivity contribution in [1.82, 2.24) is 4.98 Å². The van der Waals surface area contributed by atoms with Crippen molar-refractivity contribution in [2.75, 3.05) is 6.61 Å². The Kier molecular flexibility index (Phi) is 3.48. The zero-order valence-electron chi connectivity index (χ0n) is 10.2. The molecule has 2 atom stereocenters. The summed E-state index contributed by atoms with van der Waals surface area (Å²) in [5, 5.41) is 1.20. The quantitative estimate of drug-likeness (QED) is 0.788. The summed E-state index contributed by atoms with van der Waals surface area (Å²) in [5.74, 6) is 0. The molecule has 1 aliphatic rings. The van der Waals surface area contributed by atoms with Crippen LogP contribution in [-0.2, 0) is 11.2 Å². The lowest BCUT2D eigenvalue weighted by Crippen LogP contribution is -2.22.